The van der Waals surface area contributed by atoms with Gasteiger partial charge in [0.2, 0.25) is 0 Å². The molecule has 0 aromatic heterocycles. The van der Waals surface area contributed by atoms with E-state index in [0.29, 0.717) is 38.7 Å². The van der Waals surface area contributed by atoms with Crippen LogP contribution in [0.25, 0.3) is 0 Å². The fourth-order valence-electron chi connectivity index (χ4n) is 3.13. The van der Waals surface area contributed by atoms with Crippen molar-refractivity contribution in [1.29, 1.82) is 0 Å². The number of guanidine groups is 1. The van der Waals surface area contributed by atoms with Gasteiger partial charge in [-0.25, -0.2) is 0 Å². The second kappa shape index (κ2) is 11.9. The van der Waals surface area contributed by atoms with Crippen molar-refractivity contribution in [2.75, 3.05) is 53.1 Å². The van der Waals surface area contributed by atoms with E-state index in [-0.39, 0.29) is 5.75 Å². The first-order valence-corrected chi connectivity index (χ1v) is 9.86. The highest BCUT2D eigenvalue weighted by molar-refractivity contribution is 5.80. The first-order chi connectivity index (χ1) is 13.9. The zero-order valence-corrected chi connectivity index (χ0v) is 17.0. The summed E-state index contributed by atoms with van der Waals surface area (Å²) in [5, 5.41) is 3.31. The Kier molecular flexibility index (Phi) is 9.53. The van der Waals surface area contributed by atoms with E-state index < -0.39 is 6.36 Å². The third-order valence-electron chi connectivity index (χ3n) is 4.52. The number of methoxy groups -OCH3 is 1. The Morgan fingerprint density at radius 2 is 2.00 bits per heavy atom. The summed E-state index contributed by atoms with van der Waals surface area (Å²) in [6.07, 6.45) is -2.98. The van der Waals surface area contributed by atoms with Crippen LogP contribution in [-0.2, 0) is 15.9 Å². The summed E-state index contributed by atoms with van der Waals surface area (Å²) in [5.41, 5.74) is 0.907. The molecule has 1 aromatic carbocycles. The topological polar surface area (TPSA) is 55.3 Å². The number of alkyl halides is 3. The van der Waals surface area contributed by atoms with Gasteiger partial charge in [0.05, 0.1) is 19.8 Å². The van der Waals surface area contributed by atoms with Crippen molar-refractivity contribution in [2.24, 2.45) is 10.9 Å². The SMILES string of the molecule is CCNC(=NCCc1ccc(OC(F)(F)F)cc1)N1CCC(COCCOC)C1. The summed E-state index contributed by atoms with van der Waals surface area (Å²) in [6.45, 7) is 7.08. The van der Waals surface area contributed by atoms with Crippen LogP contribution in [0.5, 0.6) is 5.75 Å². The van der Waals surface area contributed by atoms with Crippen LogP contribution in [0.3, 0.4) is 0 Å². The predicted octanol–water partition coefficient (Wildman–Crippen LogP) is 3.08. The van der Waals surface area contributed by atoms with Crippen LogP contribution in [0.1, 0.15) is 18.9 Å². The first-order valence-electron chi connectivity index (χ1n) is 9.86. The maximum absolute atomic E-state index is 12.2. The lowest BCUT2D eigenvalue weighted by Gasteiger charge is -2.21. The molecule has 1 aliphatic heterocycles. The molecule has 1 atom stereocenters. The van der Waals surface area contributed by atoms with Gasteiger partial charge in [-0.1, -0.05) is 12.1 Å². The maximum Gasteiger partial charge on any atom is 0.573 e. The van der Waals surface area contributed by atoms with Gasteiger partial charge in [0.25, 0.3) is 0 Å². The molecule has 1 aromatic rings. The van der Waals surface area contributed by atoms with Crippen LogP contribution in [0, 0.1) is 5.92 Å². The molecule has 2 rings (SSSR count). The van der Waals surface area contributed by atoms with Gasteiger partial charge in [0, 0.05) is 39.2 Å². The number of nitrogens with one attached hydrogen (secondary N) is 1. The molecule has 29 heavy (non-hydrogen) atoms. The number of nitrogens with zero attached hydrogens (tertiary/aromatic N) is 2. The number of halogens is 3. The van der Waals surface area contributed by atoms with Crippen molar-refractivity contribution in [3.8, 4) is 5.75 Å². The van der Waals surface area contributed by atoms with Crippen LogP contribution in [0.4, 0.5) is 13.2 Å². The lowest BCUT2D eigenvalue weighted by atomic mass is 10.1. The number of rotatable bonds is 10. The Hall–Kier alpha value is -2.00. The summed E-state index contributed by atoms with van der Waals surface area (Å²) in [4.78, 5) is 6.91. The lowest BCUT2D eigenvalue weighted by molar-refractivity contribution is -0.274. The molecule has 9 heteroatoms. The van der Waals surface area contributed by atoms with Gasteiger partial charge < -0.3 is 24.4 Å². The molecular weight excluding hydrogens is 387 g/mol. The molecule has 164 valence electrons. The smallest absolute Gasteiger partial charge is 0.406 e. The van der Waals surface area contributed by atoms with E-state index in [4.69, 9.17) is 9.47 Å². The standard InChI is InChI=1S/C20H30F3N3O3/c1-3-24-19(26-11-9-17(14-26)15-28-13-12-27-2)25-10-8-16-4-6-18(7-5-16)29-20(21,22)23/h4-7,17H,3,8-15H2,1-2H3,(H,24,25). The van der Waals surface area contributed by atoms with E-state index in [0.717, 1.165) is 37.6 Å². The minimum Gasteiger partial charge on any atom is -0.406 e. The molecular formula is C20H30F3N3O3. The highest BCUT2D eigenvalue weighted by atomic mass is 19.4. The van der Waals surface area contributed by atoms with Crippen LogP contribution in [0.2, 0.25) is 0 Å². The van der Waals surface area contributed by atoms with Crippen molar-refractivity contribution < 1.29 is 27.4 Å². The number of likely N-dealkylation sites (tertiary alicyclic amines) is 1. The predicted molar refractivity (Wildman–Crippen MR) is 105 cm³/mol. The van der Waals surface area contributed by atoms with Crippen molar-refractivity contribution in [3.05, 3.63) is 29.8 Å². The number of benzene rings is 1. The van der Waals surface area contributed by atoms with Gasteiger partial charge in [-0.2, -0.15) is 0 Å². The van der Waals surface area contributed by atoms with E-state index in [1.54, 1.807) is 19.2 Å². The first kappa shape index (κ1) is 23.3. The highest BCUT2D eigenvalue weighted by Crippen LogP contribution is 2.23. The molecule has 1 saturated heterocycles. The molecule has 6 nitrogen and oxygen atoms in total. The molecule has 1 N–H and O–H groups in total. The van der Waals surface area contributed by atoms with Crippen LogP contribution < -0.4 is 10.1 Å². The van der Waals surface area contributed by atoms with Gasteiger partial charge in [-0.15, -0.1) is 13.2 Å². The van der Waals surface area contributed by atoms with Crippen molar-refractivity contribution >= 4 is 5.96 Å². The van der Waals surface area contributed by atoms with Gasteiger partial charge >= 0.3 is 6.36 Å². The quantitative estimate of drug-likeness (QED) is 0.360. The zero-order chi connectivity index (χ0) is 21.1. The fraction of sp³-hybridized carbons (Fsp3) is 0.650. The second-order valence-electron chi connectivity index (χ2n) is 6.85. The molecule has 0 radical (unpaired) electrons. The van der Waals surface area contributed by atoms with E-state index >= 15 is 0 Å². The molecule has 1 fully saturated rings. The van der Waals surface area contributed by atoms with E-state index in [2.05, 4.69) is 19.9 Å². The summed E-state index contributed by atoms with van der Waals surface area (Å²) in [7, 11) is 1.66. The van der Waals surface area contributed by atoms with Gasteiger partial charge in [0.15, 0.2) is 5.96 Å². The summed E-state index contributed by atoms with van der Waals surface area (Å²) >= 11 is 0. The molecule has 1 aliphatic rings. The number of hydrogen-bond donors (Lipinski definition) is 1. The zero-order valence-electron chi connectivity index (χ0n) is 17.0. The molecule has 0 saturated carbocycles. The van der Waals surface area contributed by atoms with E-state index in [1.165, 1.54) is 12.1 Å². The Balaban J connectivity index is 1.81. The molecule has 0 bridgehead atoms. The van der Waals surface area contributed by atoms with Crippen LogP contribution in [-0.4, -0.2) is 70.3 Å². The largest absolute Gasteiger partial charge is 0.573 e. The Morgan fingerprint density at radius 1 is 1.24 bits per heavy atom. The lowest BCUT2D eigenvalue weighted by Crippen LogP contribution is -2.40. The Morgan fingerprint density at radius 3 is 2.66 bits per heavy atom. The minimum atomic E-state index is -4.67. The third-order valence-corrected chi connectivity index (χ3v) is 4.52. The maximum atomic E-state index is 12.2. The monoisotopic (exact) mass is 417 g/mol. The average molecular weight is 417 g/mol. The number of ether oxygens (including phenoxy) is 3. The summed E-state index contributed by atoms with van der Waals surface area (Å²) < 4.78 is 51.2. The van der Waals surface area contributed by atoms with Gasteiger partial charge in [-0.3, -0.25) is 4.99 Å². The number of hydrogen-bond acceptors (Lipinski definition) is 4. The highest BCUT2D eigenvalue weighted by Gasteiger charge is 2.31. The van der Waals surface area contributed by atoms with Crippen LogP contribution >= 0.6 is 0 Å². The molecule has 1 heterocycles. The fourth-order valence-corrected chi connectivity index (χ4v) is 3.13. The normalized spacial score (nSPS) is 17.6. The average Bonchev–Trinajstić information content (AvgIpc) is 3.13. The summed E-state index contributed by atoms with van der Waals surface area (Å²) in [5.74, 6) is 1.12. The molecule has 1 unspecified atom stereocenters. The van der Waals surface area contributed by atoms with E-state index in [9.17, 15) is 13.2 Å². The number of aliphatic imine (C=N–C) groups is 1. The van der Waals surface area contributed by atoms with Crippen molar-refractivity contribution in [3.63, 3.8) is 0 Å². The minimum absolute atomic E-state index is 0.214. The molecule has 0 spiro atoms. The van der Waals surface area contributed by atoms with Crippen molar-refractivity contribution in [2.45, 2.75) is 26.1 Å². The van der Waals surface area contributed by atoms with Gasteiger partial charge in [0.1, 0.15) is 5.75 Å². The Bertz CT molecular complexity index is 624. The third kappa shape index (κ3) is 8.91. The second-order valence-corrected chi connectivity index (χ2v) is 6.85. The van der Waals surface area contributed by atoms with E-state index in [1.807, 2.05) is 6.92 Å². The summed E-state index contributed by atoms with van der Waals surface area (Å²) in [6, 6.07) is 5.91. The van der Waals surface area contributed by atoms with Crippen LogP contribution in [0.15, 0.2) is 29.3 Å². The van der Waals surface area contributed by atoms with Gasteiger partial charge in [-0.05, 0) is 37.5 Å². The molecule has 0 aliphatic carbocycles. The molecule has 0 amide bonds. The van der Waals surface area contributed by atoms with Crippen molar-refractivity contribution in [1.82, 2.24) is 10.2 Å². The Labute approximate surface area is 170 Å².